The maximum atomic E-state index is 13.0. The summed E-state index contributed by atoms with van der Waals surface area (Å²) in [5.41, 5.74) is 4.83. The zero-order chi connectivity index (χ0) is 25.3. The van der Waals surface area contributed by atoms with Crippen molar-refractivity contribution in [2.24, 2.45) is 17.8 Å². The molecule has 1 aromatic heterocycles. The summed E-state index contributed by atoms with van der Waals surface area (Å²) < 4.78 is 0. The number of aromatic amines is 1. The van der Waals surface area contributed by atoms with Crippen LogP contribution in [-0.2, 0) is 16.0 Å². The van der Waals surface area contributed by atoms with E-state index in [1.165, 1.54) is 43.4 Å². The average Bonchev–Trinajstić information content (AvgIpc) is 3.25. The number of anilines is 1. The molecule has 2 aromatic carbocycles. The number of amides is 1. The number of nitrogens with one attached hydrogen (secondary N) is 2. The van der Waals surface area contributed by atoms with Crippen LogP contribution in [-0.4, -0.2) is 38.4 Å². The third-order valence-electron chi connectivity index (χ3n) is 9.45. The molecule has 37 heavy (non-hydrogen) atoms. The Morgan fingerprint density at radius 2 is 1.65 bits per heavy atom. The fourth-order valence-electron chi connectivity index (χ4n) is 8.47. The molecule has 1 aliphatic heterocycles. The monoisotopic (exact) mass is 493 g/mol. The molecule has 4 bridgehead atoms. The van der Waals surface area contributed by atoms with E-state index in [1.54, 1.807) is 0 Å². The zero-order valence-corrected chi connectivity index (χ0v) is 20.7. The van der Waals surface area contributed by atoms with Crippen molar-refractivity contribution < 1.29 is 14.7 Å². The normalized spacial score (nSPS) is 31.6. The van der Waals surface area contributed by atoms with Crippen LogP contribution in [0.5, 0.6) is 0 Å². The topological polar surface area (TPSA) is 85.4 Å². The first-order chi connectivity index (χ1) is 17.9. The smallest absolute Gasteiger partial charge is 0.326 e. The van der Waals surface area contributed by atoms with Gasteiger partial charge in [0.2, 0.25) is 0 Å². The van der Waals surface area contributed by atoms with E-state index in [1.807, 2.05) is 36.4 Å². The first-order valence-electron chi connectivity index (χ1n) is 13.4. The summed E-state index contributed by atoms with van der Waals surface area (Å²) in [6.07, 6.45) is 13.7. The van der Waals surface area contributed by atoms with Gasteiger partial charge in [-0.3, -0.25) is 4.79 Å². The summed E-state index contributed by atoms with van der Waals surface area (Å²) in [4.78, 5) is 30.2. The van der Waals surface area contributed by atoms with E-state index in [2.05, 4.69) is 28.4 Å². The van der Waals surface area contributed by atoms with E-state index in [9.17, 15) is 14.7 Å². The number of hydrogen-bond donors (Lipinski definition) is 3. The van der Waals surface area contributed by atoms with Crippen molar-refractivity contribution in [3.05, 3.63) is 65.4 Å². The van der Waals surface area contributed by atoms with Crippen LogP contribution in [0.4, 0.5) is 5.69 Å². The Hall–Kier alpha value is -3.72. The largest absolute Gasteiger partial charge is 0.480 e. The van der Waals surface area contributed by atoms with Crippen molar-refractivity contribution in [1.82, 2.24) is 9.88 Å². The molecular weight excluding hydrogens is 462 g/mol. The van der Waals surface area contributed by atoms with Gasteiger partial charge in [0, 0.05) is 34.2 Å². The second-order valence-electron chi connectivity index (χ2n) is 11.8. The molecule has 0 spiro atoms. The molecule has 188 valence electrons. The summed E-state index contributed by atoms with van der Waals surface area (Å²) in [6.45, 7) is 0. The van der Waals surface area contributed by atoms with Gasteiger partial charge in [-0.1, -0.05) is 30.3 Å². The van der Waals surface area contributed by atoms with Crippen LogP contribution in [0.1, 0.15) is 61.4 Å². The van der Waals surface area contributed by atoms with Gasteiger partial charge in [0.25, 0.3) is 5.91 Å². The Labute approximate surface area is 216 Å². The van der Waals surface area contributed by atoms with Gasteiger partial charge < -0.3 is 20.3 Å². The standard InChI is InChI=1S/C31H31N3O3/c1-2-27(35)34-26(30(36)37)14-24-23-5-3-4-6-25(23)32-28(24)29(34)21-7-9-22(10-8-21)33-31-15-18-11-19(16-31)13-20(12-18)17-31/h1,3-10,18-20,26,29,32-33H,11-17H2,(H,36,37)/t18?,19?,20?,26-,29+,31?/m1/s1. The molecule has 3 N–H and O–H groups in total. The van der Waals surface area contributed by atoms with Crippen molar-refractivity contribution >= 4 is 28.5 Å². The molecule has 2 heterocycles. The number of terminal acetylenes is 1. The predicted molar refractivity (Wildman–Crippen MR) is 142 cm³/mol. The van der Waals surface area contributed by atoms with Gasteiger partial charge in [-0.2, -0.15) is 0 Å². The molecule has 5 aliphatic rings. The number of nitrogens with zero attached hydrogens (tertiary/aromatic N) is 1. The summed E-state index contributed by atoms with van der Waals surface area (Å²) in [5.74, 6) is 3.09. The van der Waals surface area contributed by atoms with Crippen LogP contribution in [0.25, 0.3) is 10.9 Å². The number of aliphatic carboxylic acids is 1. The Bertz CT molecular complexity index is 1410. The lowest BCUT2D eigenvalue weighted by atomic mass is 9.53. The Morgan fingerprint density at radius 1 is 1.00 bits per heavy atom. The fourth-order valence-corrected chi connectivity index (χ4v) is 8.47. The third-order valence-corrected chi connectivity index (χ3v) is 9.45. The van der Waals surface area contributed by atoms with Crippen molar-refractivity contribution in [2.45, 2.75) is 62.6 Å². The molecule has 4 fully saturated rings. The highest BCUT2D eigenvalue weighted by Crippen LogP contribution is 2.56. The van der Waals surface area contributed by atoms with E-state index in [0.717, 1.165) is 51.2 Å². The van der Waals surface area contributed by atoms with E-state index in [0.29, 0.717) is 0 Å². The third kappa shape index (κ3) is 3.55. The summed E-state index contributed by atoms with van der Waals surface area (Å²) in [6, 6.07) is 14.4. The lowest BCUT2D eigenvalue weighted by Gasteiger charge is -2.57. The molecule has 0 saturated heterocycles. The number of carbonyl (C=O) groups is 2. The maximum absolute atomic E-state index is 13.0. The molecule has 4 saturated carbocycles. The van der Waals surface area contributed by atoms with Crippen LogP contribution >= 0.6 is 0 Å². The number of H-pyrrole nitrogens is 1. The number of aromatic nitrogens is 1. The molecule has 4 aliphatic carbocycles. The minimum atomic E-state index is -1.05. The number of carbonyl (C=O) groups excluding carboxylic acids is 1. The van der Waals surface area contributed by atoms with Gasteiger partial charge in [-0.05, 0) is 91.5 Å². The Kier molecular flexibility index (Phi) is 4.95. The van der Waals surface area contributed by atoms with Gasteiger partial charge in [0.15, 0.2) is 0 Å². The fraction of sp³-hybridized carbons (Fsp3) is 0.419. The van der Waals surface area contributed by atoms with Gasteiger partial charge in [0.1, 0.15) is 6.04 Å². The second kappa shape index (κ2) is 8.14. The average molecular weight is 494 g/mol. The van der Waals surface area contributed by atoms with E-state index >= 15 is 0 Å². The van der Waals surface area contributed by atoms with Crippen LogP contribution in [0.3, 0.4) is 0 Å². The molecule has 0 unspecified atom stereocenters. The van der Waals surface area contributed by atoms with Crippen LogP contribution < -0.4 is 5.32 Å². The highest BCUT2D eigenvalue weighted by Gasteiger charge is 2.51. The number of carboxylic acids is 1. The molecule has 6 heteroatoms. The molecule has 0 radical (unpaired) electrons. The molecule has 6 nitrogen and oxygen atoms in total. The predicted octanol–water partition coefficient (Wildman–Crippen LogP) is 5.11. The van der Waals surface area contributed by atoms with Crippen molar-refractivity contribution in [1.29, 1.82) is 0 Å². The SMILES string of the molecule is C#CC(=O)N1[C@@H](c2ccc(NC34CC5CC(CC(C5)C3)C4)cc2)c2[nH]c3ccccc3c2C[C@@H]1C(=O)O. The first kappa shape index (κ1) is 22.5. The summed E-state index contributed by atoms with van der Waals surface area (Å²) >= 11 is 0. The zero-order valence-electron chi connectivity index (χ0n) is 20.7. The minimum Gasteiger partial charge on any atom is -0.480 e. The number of rotatable bonds is 4. The molecule has 3 aromatic rings. The van der Waals surface area contributed by atoms with E-state index in [4.69, 9.17) is 6.42 Å². The van der Waals surface area contributed by atoms with Gasteiger partial charge >= 0.3 is 5.97 Å². The second-order valence-corrected chi connectivity index (χ2v) is 11.8. The van der Waals surface area contributed by atoms with E-state index < -0.39 is 24.0 Å². The number of carboxylic acid groups (broad SMARTS) is 1. The Balaban J connectivity index is 1.27. The van der Waals surface area contributed by atoms with Crippen molar-refractivity contribution in [3.63, 3.8) is 0 Å². The van der Waals surface area contributed by atoms with Crippen LogP contribution in [0.15, 0.2) is 48.5 Å². The van der Waals surface area contributed by atoms with Crippen LogP contribution in [0.2, 0.25) is 0 Å². The molecule has 2 atom stereocenters. The van der Waals surface area contributed by atoms with Crippen molar-refractivity contribution in [2.75, 3.05) is 5.32 Å². The lowest BCUT2D eigenvalue weighted by Crippen LogP contribution is -2.54. The summed E-state index contributed by atoms with van der Waals surface area (Å²) in [7, 11) is 0. The van der Waals surface area contributed by atoms with Crippen LogP contribution in [0, 0.1) is 30.1 Å². The Morgan fingerprint density at radius 3 is 2.27 bits per heavy atom. The van der Waals surface area contributed by atoms with Gasteiger partial charge in [-0.25, -0.2) is 4.79 Å². The lowest BCUT2D eigenvalue weighted by molar-refractivity contribution is -0.150. The number of hydrogen-bond acceptors (Lipinski definition) is 3. The number of para-hydroxylation sites is 1. The molecular formula is C31H31N3O3. The highest BCUT2D eigenvalue weighted by atomic mass is 16.4. The maximum Gasteiger partial charge on any atom is 0.326 e. The van der Waals surface area contributed by atoms with Crippen molar-refractivity contribution in [3.8, 4) is 12.3 Å². The van der Waals surface area contributed by atoms with Gasteiger partial charge in [-0.15, -0.1) is 6.42 Å². The minimum absolute atomic E-state index is 0.200. The molecule has 8 rings (SSSR count). The highest BCUT2D eigenvalue weighted by molar-refractivity contribution is 5.97. The number of fused-ring (bicyclic) bond motifs is 3. The van der Waals surface area contributed by atoms with Gasteiger partial charge in [0.05, 0.1) is 6.04 Å². The summed E-state index contributed by atoms with van der Waals surface area (Å²) in [5, 5.41) is 15.0. The first-order valence-corrected chi connectivity index (χ1v) is 13.4. The quantitative estimate of drug-likeness (QED) is 0.441. The molecule has 1 amide bonds. The number of benzene rings is 2. The van der Waals surface area contributed by atoms with E-state index in [-0.39, 0.29) is 12.0 Å².